The molecule has 1 aliphatic heterocycles. The number of rotatable bonds is 6. The summed E-state index contributed by atoms with van der Waals surface area (Å²) in [6.45, 7) is 5.05. The fraction of sp³-hybridized carbons (Fsp3) is 0.292. The number of para-hydroxylation sites is 1. The Kier molecular flexibility index (Phi) is 5.50. The molecule has 31 heavy (non-hydrogen) atoms. The fourth-order valence-corrected chi connectivity index (χ4v) is 4.13. The highest BCUT2D eigenvalue weighted by molar-refractivity contribution is 5.86. The van der Waals surface area contributed by atoms with Crippen molar-refractivity contribution >= 4 is 16.9 Å². The van der Waals surface area contributed by atoms with E-state index in [0.717, 1.165) is 67.3 Å². The number of hydrogen-bond acceptors (Lipinski definition) is 5. The molecule has 158 valence electrons. The summed E-state index contributed by atoms with van der Waals surface area (Å²) in [6.07, 6.45) is 4.17. The average molecular weight is 415 g/mol. The molecule has 5 rings (SSSR count). The van der Waals surface area contributed by atoms with Crippen LogP contribution in [0.2, 0.25) is 0 Å². The van der Waals surface area contributed by atoms with Crippen LogP contribution in [0, 0.1) is 0 Å². The van der Waals surface area contributed by atoms with E-state index in [9.17, 15) is 4.79 Å². The molecule has 1 saturated heterocycles. The van der Waals surface area contributed by atoms with Crippen molar-refractivity contribution in [2.45, 2.75) is 13.0 Å². The number of nitrogens with zero attached hydrogens (tertiary/aromatic N) is 5. The fourth-order valence-electron chi connectivity index (χ4n) is 4.13. The third kappa shape index (κ3) is 4.22. The van der Waals surface area contributed by atoms with Crippen molar-refractivity contribution in [3.63, 3.8) is 0 Å². The van der Waals surface area contributed by atoms with Gasteiger partial charge in [0.05, 0.1) is 6.42 Å². The molecule has 1 fully saturated rings. The Morgan fingerprint density at radius 2 is 1.71 bits per heavy atom. The Morgan fingerprint density at radius 3 is 2.55 bits per heavy atom. The van der Waals surface area contributed by atoms with Crippen molar-refractivity contribution in [2.75, 3.05) is 32.7 Å². The van der Waals surface area contributed by atoms with E-state index in [4.69, 9.17) is 4.52 Å². The first kappa shape index (κ1) is 19.5. The lowest BCUT2D eigenvalue weighted by molar-refractivity contribution is -0.132. The van der Waals surface area contributed by atoms with E-state index in [-0.39, 0.29) is 12.3 Å². The maximum absolute atomic E-state index is 12.8. The molecule has 0 saturated carbocycles. The number of benzene rings is 2. The van der Waals surface area contributed by atoms with E-state index in [1.807, 2.05) is 59.8 Å². The predicted octanol–water partition coefficient (Wildman–Crippen LogP) is 3.08. The van der Waals surface area contributed by atoms with Crippen molar-refractivity contribution in [3.8, 4) is 11.4 Å². The molecular formula is C24H25N5O2. The molecule has 0 N–H and O–H groups in total. The first-order chi connectivity index (χ1) is 15.3. The van der Waals surface area contributed by atoms with Gasteiger partial charge in [-0.3, -0.25) is 9.69 Å². The Morgan fingerprint density at radius 1 is 0.935 bits per heavy atom. The number of carbonyl (C=O) groups is 1. The van der Waals surface area contributed by atoms with Crippen LogP contribution in [0.3, 0.4) is 0 Å². The minimum Gasteiger partial charge on any atom is -0.356 e. The number of hydrogen-bond donors (Lipinski definition) is 0. The molecule has 0 spiro atoms. The number of fused-ring (bicyclic) bond motifs is 1. The number of carbonyl (C=O) groups excluding carboxylic acids is 1. The molecule has 1 aliphatic rings. The predicted molar refractivity (Wildman–Crippen MR) is 118 cm³/mol. The summed E-state index contributed by atoms with van der Waals surface area (Å²) in [5, 5.41) is 5.02. The zero-order valence-corrected chi connectivity index (χ0v) is 17.4. The van der Waals surface area contributed by atoms with Crippen LogP contribution < -0.4 is 0 Å². The van der Waals surface area contributed by atoms with E-state index in [1.165, 1.54) is 0 Å². The molecule has 7 nitrogen and oxygen atoms in total. The van der Waals surface area contributed by atoms with Gasteiger partial charge in [-0.15, -0.1) is 0 Å². The quantitative estimate of drug-likeness (QED) is 0.484. The second kappa shape index (κ2) is 8.73. The second-order valence-electron chi connectivity index (χ2n) is 7.83. The van der Waals surface area contributed by atoms with E-state index < -0.39 is 0 Å². The van der Waals surface area contributed by atoms with Crippen LogP contribution in [0.15, 0.2) is 71.5 Å². The van der Waals surface area contributed by atoms with Gasteiger partial charge in [0, 0.05) is 62.6 Å². The number of amides is 1. The second-order valence-corrected chi connectivity index (χ2v) is 7.83. The van der Waals surface area contributed by atoms with Crippen LogP contribution in [-0.2, 0) is 17.8 Å². The summed E-state index contributed by atoms with van der Waals surface area (Å²) in [5.41, 5.74) is 2.57. The number of aromatic nitrogens is 3. The normalized spacial score (nSPS) is 14.9. The highest BCUT2D eigenvalue weighted by Gasteiger charge is 2.23. The first-order valence-corrected chi connectivity index (χ1v) is 10.7. The summed E-state index contributed by atoms with van der Waals surface area (Å²) in [7, 11) is 0. The molecule has 4 aromatic rings. The van der Waals surface area contributed by atoms with Crippen LogP contribution in [0.5, 0.6) is 0 Å². The van der Waals surface area contributed by atoms with Crippen LogP contribution in [0.1, 0.15) is 5.69 Å². The van der Waals surface area contributed by atoms with Crippen LogP contribution in [0.4, 0.5) is 0 Å². The Bertz CT molecular complexity index is 1160. The van der Waals surface area contributed by atoms with Gasteiger partial charge in [-0.1, -0.05) is 47.6 Å². The SMILES string of the molecule is O=C(Cc1noc2ccccc12)N1CCN(CCn2ccnc2-c2ccccc2)CC1. The average Bonchev–Trinajstić information content (AvgIpc) is 3.46. The van der Waals surface area contributed by atoms with Gasteiger partial charge in [-0.05, 0) is 12.1 Å². The smallest absolute Gasteiger partial charge is 0.228 e. The maximum Gasteiger partial charge on any atom is 0.228 e. The zero-order valence-electron chi connectivity index (χ0n) is 17.4. The molecule has 0 radical (unpaired) electrons. The van der Waals surface area contributed by atoms with Crippen LogP contribution in [0.25, 0.3) is 22.4 Å². The highest BCUT2D eigenvalue weighted by Crippen LogP contribution is 2.19. The van der Waals surface area contributed by atoms with Gasteiger partial charge in [0.25, 0.3) is 0 Å². The minimum atomic E-state index is 0.111. The molecule has 0 atom stereocenters. The lowest BCUT2D eigenvalue weighted by atomic mass is 10.1. The lowest BCUT2D eigenvalue weighted by Gasteiger charge is -2.34. The van der Waals surface area contributed by atoms with Gasteiger partial charge in [0.2, 0.25) is 5.91 Å². The maximum atomic E-state index is 12.8. The van der Waals surface area contributed by atoms with E-state index >= 15 is 0 Å². The molecule has 2 aromatic heterocycles. The highest BCUT2D eigenvalue weighted by atomic mass is 16.5. The molecule has 0 unspecified atom stereocenters. The largest absolute Gasteiger partial charge is 0.356 e. The summed E-state index contributed by atoms with van der Waals surface area (Å²) in [4.78, 5) is 21.6. The van der Waals surface area contributed by atoms with Crippen molar-refractivity contribution in [1.29, 1.82) is 0 Å². The topological polar surface area (TPSA) is 67.4 Å². The summed E-state index contributed by atoms with van der Waals surface area (Å²) in [6, 6.07) is 17.9. The summed E-state index contributed by atoms with van der Waals surface area (Å²) < 4.78 is 7.52. The molecule has 1 amide bonds. The summed E-state index contributed by atoms with van der Waals surface area (Å²) >= 11 is 0. The Hall–Kier alpha value is -3.45. The standard InChI is InChI=1S/C24H25N5O2/c30-23(18-21-20-8-4-5-9-22(20)31-26-21)28-15-12-27(13-16-28)14-17-29-11-10-25-24(29)19-6-2-1-3-7-19/h1-11H,12-18H2. The van der Waals surface area contributed by atoms with Crippen LogP contribution >= 0.6 is 0 Å². The van der Waals surface area contributed by atoms with Crippen molar-refractivity contribution in [3.05, 3.63) is 72.7 Å². The third-order valence-corrected chi connectivity index (χ3v) is 5.90. The monoisotopic (exact) mass is 415 g/mol. The van der Waals surface area contributed by atoms with E-state index in [0.29, 0.717) is 0 Å². The van der Waals surface area contributed by atoms with Crippen LogP contribution in [-0.4, -0.2) is 63.1 Å². The molecule has 0 aliphatic carbocycles. The van der Waals surface area contributed by atoms with Crippen molar-refractivity contribution in [2.24, 2.45) is 0 Å². The van der Waals surface area contributed by atoms with Crippen molar-refractivity contribution < 1.29 is 9.32 Å². The minimum absolute atomic E-state index is 0.111. The Balaban J connectivity index is 1.14. The molecule has 2 aromatic carbocycles. The van der Waals surface area contributed by atoms with E-state index in [1.54, 1.807) is 0 Å². The van der Waals surface area contributed by atoms with Gasteiger partial charge in [0.15, 0.2) is 5.58 Å². The lowest BCUT2D eigenvalue weighted by Crippen LogP contribution is -2.49. The van der Waals surface area contributed by atoms with Gasteiger partial charge in [-0.2, -0.15) is 0 Å². The van der Waals surface area contributed by atoms with Crippen molar-refractivity contribution in [1.82, 2.24) is 24.5 Å². The van der Waals surface area contributed by atoms with Gasteiger partial charge < -0.3 is 14.0 Å². The molecule has 0 bridgehead atoms. The number of imidazole rings is 1. The van der Waals surface area contributed by atoms with Gasteiger partial charge in [0.1, 0.15) is 11.5 Å². The third-order valence-electron chi connectivity index (χ3n) is 5.90. The first-order valence-electron chi connectivity index (χ1n) is 10.7. The molecule has 3 heterocycles. The van der Waals surface area contributed by atoms with Gasteiger partial charge >= 0.3 is 0 Å². The summed E-state index contributed by atoms with van der Waals surface area (Å²) in [5.74, 6) is 1.11. The number of piperazine rings is 1. The molecular weight excluding hydrogens is 390 g/mol. The van der Waals surface area contributed by atoms with E-state index in [2.05, 4.69) is 31.7 Å². The zero-order chi connectivity index (χ0) is 21.0. The Labute approximate surface area is 180 Å². The van der Waals surface area contributed by atoms with Gasteiger partial charge in [-0.25, -0.2) is 4.98 Å². The molecule has 7 heteroatoms.